The molecule has 3 aliphatic heterocycles. The number of carbonyl (C=O) groups is 2. The van der Waals surface area contributed by atoms with E-state index in [0.29, 0.717) is 25.1 Å². The Morgan fingerprint density at radius 2 is 2.03 bits per heavy atom. The van der Waals surface area contributed by atoms with Crippen molar-refractivity contribution in [3.05, 3.63) is 59.7 Å². The number of phenolic OH excluding ortho intramolecular Hbond substituents is 1. The number of phenols is 1. The van der Waals surface area contributed by atoms with Crippen molar-refractivity contribution >= 4 is 11.8 Å². The number of likely N-dealkylation sites (tertiary alicyclic amines) is 1. The van der Waals surface area contributed by atoms with E-state index >= 15 is 0 Å². The number of nitrogens with zero attached hydrogens (tertiary/aromatic N) is 2. The smallest absolute Gasteiger partial charge is 0.254 e. The number of carbonyl (C=O) groups excluding carboxylic acids is 2. The zero-order valence-corrected chi connectivity index (χ0v) is 16.1. The van der Waals surface area contributed by atoms with E-state index in [0.717, 1.165) is 5.56 Å². The Hall–Kier alpha value is -3.06. The van der Waals surface area contributed by atoms with Crippen LogP contribution in [0.25, 0.3) is 0 Å². The molecule has 5 rings (SSSR count). The summed E-state index contributed by atoms with van der Waals surface area (Å²) in [5.41, 5.74) is 0.709. The zero-order valence-electron chi connectivity index (χ0n) is 16.1. The van der Waals surface area contributed by atoms with E-state index in [1.807, 2.05) is 35.2 Å². The average Bonchev–Trinajstić information content (AvgIpc) is 3.37. The van der Waals surface area contributed by atoms with Gasteiger partial charge in [0.05, 0.1) is 32.2 Å². The van der Waals surface area contributed by atoms with E-state index in [2.05, 4.69) is 0 Å². The van der Waals surface area contributed by atoms with Gasteiger partial charge in [-0.2, -0.15) is 0 Å². The minimum Gasteiger partial charge on any atom is -0.504 e. The Bertz CT molecular complexity index is 978. The van der Waals surface area contributed by atoms with Crippen molar-refractivity contribution in [2.45, 2.75) is 30.7 Å². The molecule has 150 valence electrons. The predicted molar refractivity (Wildman–Crippen MR) is 103 cm³/mol. The molecule has 7 heteroatoms. The Morgan fingerprint density at radius 3 is 2.79 bits per heavy atom. The van der Waals surface area contributed by atoms with E-state index in [1.54, 1.807) is 11.0 Å². The van der Waals surface area contributed by atoms with E-state index in [4.69, 9.17) is 9.47 Å². The maximum atomic E-state index is 13.2. The number of hydrogen-bond acceptors (Lipinski definition) is 5. The largest absolute Gasteiger partial charge is 0.504 e. The maximum absolute atomic E-state index is 13.2. The summed E-state index contributed by atoms with van der Waals surface area (Å²) in [4.78, 5) is 29.8. The van der Waals surface area contributed by atoms with Gasteiger partial charge in [0.1, 0.15) is 0 Å². The van der Waals surface area contributed by atoms with Gasteiger partial charge in [0.15, 0.2) is 17.2 Å². The SMILES string of the molecule is COc1cc(C(=O)N2CC[C@@]34OC[C@@H](c5ccccc5)N3C(=O)C[C@@H]24)ccc1O. The Morgan fingerprint density at radius 1 is 1.24 bits per heavy atom. The van der Waals surface area contributed by atoms with Gasteiger partial charge in [0.25, 0.3) is 5.91 Å². The summed E-state index contributed by atoms with van der Waals surface area (Å²) in [7, 11) is 1.44. The molecule has 0 radical (unpaired) electrons. The van der Waals surface area contributed by atoms with E-state index < -0.39 is 5.72 Å². The van der Waals surface area contributed by atoms with Crippen molar-refractivity contribution in [2.24, 2.45) is 0 Å². The summed E-state index contributed by atoms with van der Waals surface area (Å²) in [5, 5.41) is 9.81. The second-order valence-electron chi connectivity index (χ2n) is 7.70. The molecule has 0 aromatic heterocycles. The number of rotatable bonds is 3. The maximum Gasteiger partial charge on any atom is 0.254 e. The number of aromatic hydroxyl groups is 1. The molecule has 1 N–H and O–H groups in total. The van der Waals surface area contributed by atoms with Crippen molar-refractivity contribution in [1.29, 1.82) is 0 Å². The third kappa shape index (κ3) is 2.54. The van der Waals surface area contributed by atoms with Crippen molar-refractivity contribution in [3.63, 3.8) is 0 Å². The van der Waals surface area contributed by atoms with Gasteiger partial charge in [0.2, 0.25) is 5.91 Å². The quantitative estimate of drug-likeness (QED) is 0.864. The predicted octanol–water partition coefficient (Wildman–Crippen LogP) is 2.32. The van der Waals surface area contributed by atoms with Gasteiger partial charge in [-0.15, -0.1) is 0 Å². The Kier molecular flexibility index (Phi) is 4.03. The molecule has 2 aromatic carbocycles. The molecule has 3 heterocycles. The van der Waals surface area contributed by atoms with Gasteiger partial charge in [-0.1, -0.05) is 30.3 Å². The fourth-order valence-electron chi connectivity index (χ4n) is 4.99. The molecule has 2 aromatic rings. The van der Waals surface area contributed by atoms with Crippen LogP contribution in [0, 0.1) is 0 Å². The first kappa shape index (κ1) is 18.0. The first-order valence-electron chi connectivity index (χ1n) is 9.74. The minimum absolute atomic E-state index is 0.0159. The summed E-state index contributed by atoms with van der Waals surface area (Å²) in [6, 6.07) is 14.0. The summed E-state index contributed by atoms with van der Waals surface area (Å²) in [6.07, 6.45) is 0.845. The molecular weight excluding hydrogens is 372 g/mol. The topological polar surface area (TPSA) is 79.3 Å². The van der Waals surface area contributed by atoms with E-state index in [9.17, 15) is 14.7 Å². The molecule has 3 atom stereocenters. The third-order valence-corrected chi connectivity index (χ3v) is 6.33. The van der Waals surface area contributed by atoms with Crippen LogP contribution in [0.2, 0.25) is 0 Å². The molecule has 2 amide bonds. The fraction of sp³-hybridized carbons (Fsp3) is 0.364. The van der Waals surface area contributed by atoms with Crippen LogP contribution in [-0.4, -0.2) is 58.7 Å². The summed E-state index contributed by atoms with van der Waals surface area (Å²) < 4.78 is 11.4. The van der Waals surface area contributed by atoms with Gasteiger partial charge in [-0.05, 0) is 23.8 Å². The molecular formula is C22H22N2O5. The molecule has 0 unspecified atom stereocenters. The van der Waals surface area contributed by atoms with Gasteiger partial charge in [0, 0.05) is 18.5 Å². The molecule has 3 aliphatic rings. The first-order chi connectivity index (χ1) is 14.0. The third-order valence-electron chi connectivity index (χ3n) is 6.33. The fourth-order valence-corrected chi connectivity index (χ4v) is 4.99. The lowest BCUT2D eigenvalue weighted by molar-refractivity contribution is -0.138. The van der Waals surface area contributed by atoms with E-state index in [-0.39, 0.29) is 41.8 Å². The van der Waals surface area contributed by atoms with Crippen LogP contribution in [0.15, 0.2) is 48.5 Å². The van der Waals surface area contributed by atoms with Crippen LogP contribution in [0.4, 0.5) is 0 Å². The Balaban J connectivity index is 1.45. The molecule has 0 saturated carbocycles. The van der Waals surface area contributed by atoms with Crippen LogP contribution in [0.1, 0.15) is 34.8 Å². The summed E-state index contributed by atoms with van der Waals surface area (Å²) in [6.45, 7) is 0.944. The van der Waals surface area contributed by atoms with Crippen LogP contribution in [0.3, 0.4) is 0 Å². The van der Waals surface area contributed by atoms with Crippen LogP contribution in [0.5, 0.6) is 11.5 Å². The summed E-state index contributed by atoms with van der Waals surface area (Å²) in [5.74, 6) is 0.0536. The normalized spacial score (nSPS) is 27.8. The molecule has 29 heavy (non-hydrogen) atoms. The number of benzene rings is 2. The highest BCUT2D eigenvalue weighted by Gasteiger charge is 2.65. The van der Waals surface area contributed by atoms with Crippen molar-refractivity contribution in [3.8, 4) is 11.5 Å². The molecule has 7 nitrogen and oxygen atoms in total. The van der Waals surface area contributed by atoms with Gasteiger partial charge >= 0.3 is 0 Å². The number of hydrogen-bond donors (Lipinski definition) is 1. The zero-order chi connectivity index (χ0) is 20.2. The molecule has 0 bridgehead atoms. The second kappa shape index (κ2) is 6.49. The first-order valence-corrected chi connectivity index (χ1v) is 9.74. The highest BCUT2D eigenvalue weighted by Crippen LogP contribution is 2.51. The lowest BCUT2D eigenvalue weighted by Crippen LogP contribution is -2.49. The van der Waals surface area contributed by atoms with Crippen molar-refractivity contribution in [1.82, 2.24) is 9.80 Å². The lowest BCUT2D eigenvalue weighted by Gasteiger charge is -2.33. The molecule has 3 fully saturated rings. The highest BCUT2D eigenvalue weighted by molar-refractivity contribution is 5.96. The van der Waals surface area contributed by atoms with E-state index in [1.165, 1.54) is 19.2 Å². The van der Waals surface area contributed by atoms with Crippen LogP contribution < -0.4 is 4.74 Å². The molecule has 1 spiro atoms. The monoisotopic (exact) mass is 394 g/mol. The van der Waals surface area contributed by atoms with Gasteiger partial charge in [-0.25, -0.2) is 0 Å². The number of amides is 2. The molecule has 3 saturated heterocycles. The van der Waals surface area contributed by atoms with Gasteiger partial charge < -0.3 is 24.4 Å². The minimum atomic E-state index is -0.756. The second-order valence-corrected chi connectivity index (χ2v) is 7.70. The standard InChI is InChI=1S/C22H22N2O5/c1-28-18-11-15(7-8-17(18)25)21(27)23-10-9-22-19(23)12-20(26)24(22)16(13-29-22)14-5-3-2-4-6-14/h2-8,11,16,19,25H,9-10,12-13H2,1H3/t16-,19+,22-/m0/s1. The molecule has 0 aliphatic carbocycles. The van der Waals surface area contributed by atoms with Crippen LogP contribution in [-0.2, 0) is 9.53 Å². The number of methoxy groups -OCH3 is 1. The number of ether oxygens (including phenoxy) is 2. The van der Waals surface area contributed by atoms with Crippen molar-refractivity contribution in [2.75, 3.05) is 20.3 Å². The highest BCUT2D eigenvalue weighted by atomic mass is 16.5. The van der Waals surface area contributed by atoms with Crippen LogP contribution >= 0.6 is 0 Å². The lowest BCUT2D eigenvalue weighted by atomic mass is 10.0. The summed E-state index contributed by atoms with van der Waals surface area (Å²) >= 11 is 0. The Labute approximate surface area is 168 Å². The van der Waals surface area contributed by atoms with Crippen molar-refractivity contribution < 1.29 is 24.2 Å². The van der Waals surface area contributed by atoms with Gasteiger partial charge in [-0.3, -0.25) is 9.59 Å². The average molecular weight is 394 g/mol.